The molecule has 7 nitrogen and oxygen atoms in total. The molecule has 1 saturated carbocycles. The average Bonchev–Trinajstić information content (AvgIpc) is 3.17. The van der Waals surface area contributed by atoms with Crippen molar-refractivity contribution in [1.29, 1.82) is 0 Å². The third-order valence-electron chi connectivity index (χ3n) is 4.41. The highest BCUT2D eigenvalue weighted by Gasteiger charge is 2.31. The first kappa shape index (κ1) is 13.8. The molecule has 0 radical (unpaired) electrons. The summed E-state index contributed by atoms with van der Waals surface area (Å²) in [5, 5.41) is 3.35. The highest BCUT2D eigenvalue weighted by atomic mass is 15.3. The predicted molar refractivity (Wildman–Crippen MR) is 81.0 cm³/mol. The number of rotatable bonds is 5. The summed E-state index contributed by atoms with van der Waals surface area (Å²) >= 11 is 0. The first-order valence-electron chi connectivity index (χ1n) is 7.44. The van der Waals surface area contributed by atoms with Gasteiger partial charge in [0, 0.05) is 18.9 Å². The van der Waals surface area contributed by atoms with Crippen molar-refractivity contribution in [2.45, 2.75) is 39.0 Å². The number of anilines is 2. The predicted octanol–water partition coefficient (Wildman–Crippen LogP) is 2.02. The van der Waals surface area contributed by atoms with E-state index in [9.17, 15) is 0 Å². The lowest BCUT2D eigenvalue weighted by molar-refractivity contribution is 0.306. The molecular weight excluding hydrogens is 266 g/mol. The molecule has 1 aliphatic carbocycles. The number of nitrogens with two attached hydrogens (primary N) is 1. The fourth-order valence-corrected chi connectivity index (χ4v) is 3.00. The van der Waals surface area contributed by atoms with Crippen molar-refractivity contribution < 1.29 is 0 Å². The van der Waals surface area contributed by atoms with E-state index in [1.54, 1.807) is 23.3 Å². The van der Waals surface area contributed by atoms with Gasteiger partial charge in [0.2, 0.25) is 17.8 Å². The van der Waals surface area contributed by atoms with Crippen LogP contribution in [0.5, 0.6) is 0 Å². The van der Waals surface area contributed by atoms with E-state index in [0.717, 1.165) is 6.54 Å². The fraction of sp³-hybridized carbons (Fsp3) is 0.571. The molecule has 112 valence electrons. The standard InChI is InChI=1S/C14H21N7/c1-2-14(5-3-4-6-14)9-17-12-18-11(15)19-13(20-12)21-8-7-16-10-21/h7-8,10H,2-6,9H2,1H3,(H3,15,17,18,19,20). The summed E-state index contributed by atoms with van der Waals surface area (Å²) in [5.41, 5.74) is 6.15. The minimum absolute atomic E-state index is 0.216. The van der Waals surface area contributed by atoms with E-state index < -0.39 is 0 Å². The van der Waals surface area contributed by atoms with E-state index in [2.05, 4.69) is 32.2 Å². The number of nitrogens with one attached hydrogen (secondary N) is 1. The molecule has 1 aliphatic rings. The molecule has 2 aromatic rings. The highest BCUT2D eigenvalue weighted by Crippen LogP contribution is 2.40. The van der Waals surface area contributed by atoms with Crippen LogP contribution in [0.25, 0.3) is 5.95 Å². The smallest absolute Gasteiger partial charge is 0.241 e. The van der Waals surface area contributed by atoms with Crippen LogP contribution in [0.1, 0.15) is 39.0 Å². The molecule has 7 heteroatoms. The molecule has 0 aromatic carbocycles. The van der Waals surface area contributed by atoms with Gasteiger partial charge >= 0.3 is 0 Å². The van der Waals surface area contributed by atoms with Crippen molar-refractivity contribution in [3.63, 3.8) is 0 Å². The molecule has 3 rings (SSSR count). The molecule has 0 unspecified atom stereocenters. The number of nitrogens with zero attached hydrogens (tertiary/aromatic N) is 5. The molecule has 0 spiro atoms. The summed E-state index contributed by atoms with van der Waals surface area (Å²) in [5.74, 6) is 1.23. The second-order valence-electron chi connectivity index (χ2n) is 5.70. The van der Waals surface area contributed by atoms with Gasteiger partial charge in [-0.15, -0.1) is 0 Å². The number of imidazole rings is 1. The van der Waals surface area contributed by atoms with E-state index >= 15 is 0 Å². The van der Waals surface area contributed by atoms with Crippen LogP contribution < -0.4 is 11.1 Å². The van der Waals surface area contributed by atoms with Crippen molar-refractivity contribution in [1.82, 2.24) is 24.5 Å². The molecule has 0 amide bonds. The van der Waals surface area contributed by atoms with E-state index in [-0.39, 0.29) is 5.95 Å². The molecule has 0 atom stereocenters. The quantitative estimate of drug-likeness (QED) is 0.873. The third-order valence-corrected chi connectivity index (χ3v) is 4.41. The van der Waals surface area contributed by atoms with Crippen molar-refractivity contribution in [3.05, 3.63) is 18.7 Å². The molecule has 0 bridgehead atoms. The maximum absolute atomic E-state index is 5.78. The van der Waals surface area contributed by atoms with Crippen molar-refractivity contribution >= 4 is 11.9 Å². The van der Waals surface area contributed by atoms with Crippen LogP contribution in [-0.2, 0) is 0 Å². The van der Waals surface area contributed by atoms with Crippen LogP contribution in [0, 0.1) is 5.41 Å². The van der Waals surface area contributed by atoms with Crippen LogP contribution in [0.15, 0.2) is 18.7 Å². The van der Waals surface area contributed by atoms with E-state index in [4.69, 9.17) is 5.73 Å². The molecule has 1 fully saturated rings. The third kappa shape index (κ3) is 2.96. The monoisotopic (exact) mass is 287 g/mol. The van der Waals surface area contributed by atoms with E-state index in [1.807, 2.05) is 0 Å². The largest absolute Gasteiger partial charge is 0.368 e. The summed E-state index contributed by atoms with van der Waals surface area (Å²) < 4.78 is 1.72. The Kier molecular flexibility index (Phi) is 3.72. The van der Waals surface area contributed by atoms with Gasteiger partial charge in [0.1, 0.15) is 6.33 Å². The van der Waals surface area contributed by atoms with Gasteiger partial charge < -0.3 is 11.1 Å². The second kappa shape index (κ2) is 5.67. The maximum atomic E-state index is 5.78. The summed E-state index contributed by atoms with van der Waals surface area (Å²) in [6, 6.07) is 0. The highest BCUT2D eigenvalue weighted by molar-refractivity contribution is 5.35. The van der Waals surface area contributed by atoms with Crippen molar-refractivity contribution in [2.24, 2.45) is 5.41 Å². The van der Waals surface area contributed by atoms with Crippen LogP contribution in [0.3, 0.4) is 0 Å². The molecular formula is C14H21N7. The first-order valence-corrected chi connectivity index (χ1v) is 7.44. The zero-order valence-corrected chi connectivity index (χ0v) is 12.3. The molecule has 21 heavy (non-hydrogen) atoms. The zero-order valence-electron chi connectivity index (χ0n) is 12.3. The fourth-order valence-electron chi connectivity index (χ4n) is 3.00. The number of hydrogen-bond donors (Lipinski definition) is 2. The summed E-state index contributed by atoms with van der Waals surface area (Å²) in [6.07, 6.45) is 11.4. The molecule has 2 aromatic heterocycles. The minimum atomic E-state index is 0.216. The maximum Gasteiger partial charge on any atom is 0.241 e. The lowest BCUT2D eigenvalue weighted by Crippen LogP contribution is -2.27. The Morgan fingerprint density at radius 2 is 2.10 bits per heavy atom. The lowest BCUT2D eigenvalue weighted by Gasteiger charge is -2.27. The van der Waals surface area contributed by atoms with Gasteiger partial charge in [0.15, 0.2) is 0 Å². The summed E-state index contributed by atoms with van der Waals surface area (Å²) in [6.45, 7) is 3.14. The normalized spacial score (nSPS) is 17.0. The van der Waals surface area contributed by atoms with Gasteiger partial charge in [0.25, 0.3) is 0 Å². The lowest BCUT2D eigenvalue weighted by atomic mass is 9.83. The van der Waals surface area contributed by atoms with E-state index in [1.165, 1.54) is 32.1 Å². The SMILES string of the molecule is CCC1(CNc2nc(N)nc(-n3ccnc3)n2)CCCC1. The first-order chi connectivity index (χ1) is 10.2. The van der Waals surface area contributed by atoms with Crippen molar-refractivity contribution in [3.8, 4) is 5.95 Å². The van der Waals surface area contributed by atoms with Gasteiger partial charge in [-0.2, -0.15) is 15.0 Å². The second-order valence-corrected chi connectivity index (χ2v) is 5.70. The van der Waals surface area contributed by atoms with Gasteiger partial charge in [-0.3, -0.25) is 4.57 Å². The Morgan fingerprint density at radius 3 is 2.76 bits per heavy atom. The topological polar surface area (TPSA) is 94.5 Å². The zero-order chi connectivity index (χ0) is 14.7. The Bertz CT molecular complexity index is 587. The number of hydrogen-bond acceptors (Lipinski definition) is 6. The summed E-state index contributed by atoms with van der Waals surface area (Å²) in [7, 11) is 0. The van der Waals surface area contributed by atoms with Crippen LogP contribution in [-0.4, -0.2) is 31.0 Å². The van der Waals surface area contributed by atoms with Gasteiger partial charge in [-0.05, 0) is 24.7 Å². The molecule has 2 heterocycles. The molecule has 0 saturated heterocycles. The Hall–Kier alpha value is -2.18. The average molecular weight is 287 g/mol. The summed E-state index contributed by atoms with van der Waals surface area (Å²) in [4.78, 5) is 16.7. The van der Waals surface area contributed by atoms with Gasteiger partial charge in [-0.1, -0.05) is 19.8 Å². The van der Waals surface area contributed by atoms with Crippen molar-refractivity contribution in [2.75, 3.05) is 17.6 Å². The van der Waals surface area contributed by atoms with Crippen LogP contribution in [0.4, 0.5) is 11.9 Å². The molecule has 0 aliphatic heterocycles. The van der Waals surface area contributed by atoms with Gasteiger partial charge in [0.05, 0.1) is 0 Å². The molecule has 3 N–H and O–H groups in total. The Balaban J connectivity index is 1.76. The Labute approximate surface area is 124 Å². The number of nitrogen functional groups attached to an aromatic ring is 1. The Morgan fingerprint density at radius 1 is 1.29 bits per heavy atom. The minimum Gasteiger partial charge on any atom is -0.368 e. The van der Waals surface area contributed by atoms with E-state index in [0.29, 0.717) is 17.3 Å². The van der Waals surface area contributed by atoms with Crippen LogP contribution in [0.2, 0.25) is 0 Å². The number of aromatic nitrogens is 5. The van der Waals surface area contributed by atoms with Crippen LogP contribution >= 0.6 is 0 Å². The van der Waals surface area contributed by atoms with Gasteiger partial charge in [-0.25, -0.2) is 4.98 Å².